The molecular formula is C7H18N+. The minimum absolute atomic E-state index is 0.900. The summed E-state index contributed by atoms with van der Waals surface area (Å²) in [4.78, 5) is 0. The first-order chi connectivity index (χ1) is 3.81. The van der Waals surface area contributed by atoms with Gasteiger partial charge in [0, 0.05) is 0 Å². The first-order valence-electron chi connectivity index (χ1n) is 3.60. The maximum atomic E-state index is 3.81. The van der Waals surface area contributed by atoms with E-state index >= 15 is 0 Å². The second-order valence-electron chi connectivity index (χ2n) is 2.54. The van der Waals surface area contributed by atoms with Crippen molar-refractivity contribution in [1.82, 2.24) is 0 Å². The summed E-state index contributed by atoms with van der Waals surface area (Å²) in [6.07, 6.45) is 3.99. The van der Waals surface area contributed by atoms with Crippen molar-refractivity contribution in [2.24, 2.45) is 5.92 Å². The van der Waals surface area contributed by atoms with Crippen LogP contribution in [0.3, 0.4) is 0 Å². The van der Waals surface area contributed by atoms with Gasteiger partial charge in [0.1, 0.15) is 0 Å². The van der Waals surface area contributed by atoms with E-state index in [2.05, 4.69) is 19.6 Å². The molecule has 0 spiro atoms. The highest BCUT2D eigenvalue weighted by Crippen LogP contribution is 2.06. The van der Waals surface area contributed by atoms with E-state index in [4.69, 9.17) is 0 Å². The molecule has 0 unspecified atom stereocenters. The maximum absolute atomic E-state index is 3.81. The molecule has 0 radical (unpaired) electrons. The average molecular weight is 116 g/mol. The van der Waals surface area contributed by atoms with Gasteiger partial charge in [-0.1, -0.05) is 26.7 Å². The fraction of sp³-hybridized carbons (Fsp3) is 1.00. The summed E-state index contributed by atoms with van der Waals surface area (Å²) in [5.74, 6) is 0.900. The molecule has 0 saturated heterocycles. The van der Waals surface area contributed by atoms with Gasteiger partial charge >= 0.3 is 0 Å². The standard InChI is InChI=1S/C7H17N/c1-3-4-7(2)5-6-8/h7H,3-6,8H2,1-2H3/p+1/t7-/m1/s1. The van der Waals surface area contributed by atoms with Crippen molar-refractivity contribution in [3.8, 4) is 0 Å². The van der Waals surface area contributed by atoms with Gasteiger partial charge in [-0.15, -0.1) is 0 Å². The maximum Gasteiger partial charge on any atom is 0.0742 e. The van der Waals surface area contributed by atoms with Crippen LogP contribution in [0.5, 0.6) is 0 Å². The van der Waals surface area contributed by atoms with E-state index in [1.54, 1.807) is 0 Å². The normalized spacial score (nSPS) is 13.9. The molecule has 0 amide bonds. The van der Waals surface area contributed by atoms with E-state index in [1.807, 2.05) is 0 Å². The fourth-order valence-electron chi connectivity index (χ4n) is 0.986. The molecule has 50 valence electrons. The van der Waals surface area contributed by atoms with Crippen LogP contribution in [0.25, 0.3) is 0 Å². The van der Waals surface area contributed by atoms with E-state index in [-0.39, 0.29) is 0 Å². The lowest BCUT2D eigenvalue weighted by Gasteiger charge is -2.04. The molecule has 8 heavy (non-hydrogen) atoms. The number of hydrogen-bond acceptors (Lipinski definition) is 0. The minimum atomic E-state index is 0.900. The van der Waals surface area contributed by atoms with Crippen LogP contribution in [0.15, 0.2) is 0 Å². The summed E-state index contributed by atoms with van der Waals surface area (Å²) < 4.78 is 0. The Hall–Kier alpha value is -0.0400. The zero-order chi connectivity index (χ0) is 6.41. The number of hydrogen-bond donors (Lipinski definition) is 1. The van der Waals surface area contributed by atoms with Gasteiger partial charge in [-0.3, -0.25) is 0 Å². The quantitative estimate of drug-likeness (QED) is 0.568. The molecule has 0 saturated carbocycles. The van der Waals surface area contributed by atoms with Gasteiger partial charge in [0.15, 0.2) is 0 Å². The molecule has 0 fully saturated rings. The van der Waals surface area contributed by atoms with Crippen LogP contribution in [0.2, 0.25) is 0 Å². The van der Waals surface area contributed by atoms with Crippen LogP contribution in [0, 0.1) is 5.92 Å². The first-order valence-corrected chi connectivity index (χ1v) is 3.60. The SMILES string of the molecule is CCC[C@@H](C)CC[NH3+]. The Morgan fingerprint density at radius 3 is 2.38 bits per heavy atom. The van der Waals surface area contributed by atoms with Crippen LogP contribution >= 0.6 is 0 Å². The molecular weight excluding hydrogens is 98.1 g/mol. The van der Waals surface area contributed by atoms with Crippen molar-refractivity contribution >= 4 is 0 Å². The summed E-state index contributed by atoms with van der Waals surface area (Å²) in [7, 11) is 0. The van der Waals surface area contributed by atoms with E-state index in [0.29, 0.717) is 0 Å². The molecule has 0 aromatic heterocycles. The summed E-state index contributed by atoms with van der Waals surface area (Å²) in [6.45, 7) is 5.63. The smallest absolute Gasteiger partial charge is 0.0742 e. The molecule has 0 heterocycles. The van der Waals surface area contributed by atoms with Crippen molar-refractivity contribution in [2.75, 3.05) is 6.54 Å². The van der Waals surface area contributed by atoms with E-state index in [0.717, 1.165) is 12.5 Å². The van der Waals surface area contributed by atoms with Crippen LogP contribution in [0.4, 0.5) is 0 Å². The van der Waals surface area contributed by atoms with Crippen molar-refractivity contribution in [3.63, 3.8) is 0 Å². The highest BCUT2D eigenvalue weighted by atomic mass is 14.5. The van der Waals surface area contributed by atoms with Crippen LogP contribution in [-0.4, -0.2) is 6.54 Å². The lowest BCUT2D eigenvalue weighted by Crippen LogP contribution is -2.50. The zero-order valence-corrected chi connectivity index (χ0v) is 6.11. The molecule has 1 nitrogen and oxygen atoms in total. The van der Waals surface area contributed by atoms with Gasteiger partial charge in [-0.05, 0) is 12.3 Å². The van der Waals surface area contributed by atoms with Crippen molar-refractivity contribution in [2.45, 2.75) is 33.1 Å². The molecule has 0 aliphatic heterocycles. The molecule has 0 aliphatic carbocycles. The molecule has 0 aliphatic rings. The third-order valence-corrected chi connectivity index (χ3v) is 1.48. The Bertz CT molecular complexity index is 37.7. The van der Waals surface area contributed by atoms with Crippen molar-refractivity contribution in [1.29, 1.82) is 0 Å². The van der Waals surface area contributed by atoms with Crippen molar-refractivity contribution in [3.05, 3.63) is 0 Å². The lowest BCUT2D eigenvalue weighted by atomic mass is 10.0. The van der Waals surface area contributed by atoms with Crippen molar-refractivity contribution < 1.29 is 5.73 Å². The first kappa shape index (κ1) is 7.96. The fourth-order valence-corrected chi connectivity index (χ4v) is 0.986. The van der Waals surface area contributed by atoms with E-state index in [1.165, 1.54) is 19.3 Å². The van der Waals surface area contributed by atoms with Gasteiger partial charge in [-0.2, -0.15) is 0 Å². The molecule has 0 aromatic rings. The van der Waals surface area contributed by atoms with Crippen LogP contribution < -0.4 is 5.73 Å². The largest absolute Gasteiger partial charge is 0.358 e. The number of rotatable bonds is 4. The minimum Gasteiger partial charge on any atom is -0.358 e. The second kappa shape index (κ2) is 5.10. The summed E-state index contributed by atoms with van der Waals surface area (Å²) in [5, 5.41) is 0. The van der Waals surface area contributed by atoms with Gasteiger partial charge in [0.2, 0.25) is 0 Å². The summed E-state index contributed by atoms with van der Waals surface area (Å²) >= 11 is 0. The highest BCUT2D eigenvalue weighted by molar-refractivity contribution is 4.48. The average Bonchev–Trinajstić information content (AvgIpc) is 1.68. The molecule has 1 heteroatoms. The summed E-state index contributed by atoms with van der Waals surface area (Å²) in [5.41, 5.74) is 3.81. The zero-order valence-electron chi connectivity index (χ0n) is 6.11. The third kappa shape index (κ3) is 4.13. The molecule has 0 aromatic carbocycles. The third-order valence-electron chi connectivity index (χ3n) is 1.48. The Kier molecular flexibility index (Phi) is 5.08. The Labute approximate surface area is 52.3 Å². The second-order valence-corrected chi connectivity index (χ2v) is 2.54. The molecule has 3 N–H and O–H groups in total. The number of quaternary nitrogens is 1. The van der Waals surface area contributed by atoms with Crippen LogP contribution in [0.1, 0.15) is 33.1 Å². The monoisotopic (exact) mass is 116 g/mol. The molecule has 0 rings (SSSR count). The van der Waals surface area contributed by atoms with Crippen LogP contribution in [-0.2, 0) is 0 Å². The predicted molar refractivity (Wildman–Crippen MR) is 36.4 cm³/mol. The Morgan fingerprint density at radius 2 is 2.00 bits per heavy atom. The van der Waals surface area contributed by atoms with Gasteiger partial charge in [-0.25, -0.2) is 0 Å². The topological polar surface area (TPSA) is 27.6 Å². The Balaban J connectivity index is 2.92. The molecule has 1 atom stereocenters. The van der Waals surface area contributed by atoms with Gasteiger partial charge in [0.25, 0.3) is 0 Å². The molecule has 0 bridgehead atoms. The van der Waals surface area contributed by atoms with Gasteiger partial charge in [0.05, 0.1) is 6.54 Å². The summed E-state index contributed by atoms with van der Waals surface area (Å²) in [6, 6.07) is 0. The van der Waals surface area contributed by atoms with Gasteiger partial charge < -0.3 is 5.73 Å². The lowest BCUT2D eigenvalue weighted by molar-refractivity contribution is -0.370. The highest BCUT2D eigenvalue weighted by Gasteiger charge is 1.97. The van der Waals surface area contributed by atoms with E-state index in [9.17, 15) is 0 Å². The Morgan fingerprint density at radius 1 is 1.38 bits per heavy atom. The predicted octanol–water partition coefficient (Wildman–Crippen LogP) is 1.05. The van der Waals surface area contributed by atoms with E-state index < -0.39 is 0 Å².